The van der Waals surface area contributed by atoms with Crippen molar-refractivity contribution < 1.29 is 32.5 Å². The normalized spacial score (nSPS) is 22.4. The van der Waals surface area contributed by atoms with Crippen LogP contribution < -0.4 is 14.8 Å². The van der Waals surface area contributed by atoms with Gasteiger partial charge in [-0.15, -0.1) is 0 Å². The fraction of sp³-hybridized carbons (Fsp3) is 0.304. The quantitative estimate of drug-likeness (QED) is 0.701. The van der Waals surface area contributed by atoms with E-state index < -0.39 is 30.4 Å². The van der Waals surface area contributed by atoms with Crippen molar-refractivity contribution in [2.75, 3.05) is 14.2 Å². The van der Waals surface area contributed by atoms with E-state index in [9.17, 15) is 18.0 Å². The lowest BCUT2D eigenvalue weighted by atomic mass is 9.94. The first-order chi connectivity index (χ1) is 15.7. The van der Waals surface area contributed by atoms with Gasteiger partial charge in [0.05, 0.1) is 25.5 Å². The van der Waals surface area contributed by atoms with Crippen molar-refractivity contribution in [3.05, 3.63) is 71.3 Å². The van der Waals surface area contributed by atoms with E-state index in [1.54, 1.807) is 30.4 Å². The van der Waals surface area contributed by atoms with E-state index in [1.165, 1.54) is 38.5 Å². The maximum atomic E-state index is 14.1. The number of carbonyl (C=O) groups is 1. The largest absolute Gasteiger partial charge is 0.493 e. The number of carboxylic acids is 1. The molecule has 4 rings (SSSR count). The topological polar surface area (TPSA) is 83.4 Å². The van der Waals surface area contributed by atoms with E-state index >= 15 is 0 Å². The molecule has 0 aromatic heterocycles. The maximum absolute atomic E-state index is 14.1. The Morgan fingerprint density at radius 1 is 1.12 bits per heavy atom. The van der Waals surface area contributed by atoms with Crippen molar-refractivity contribution in [1.82, 2.24) is 10.3 Å². The molecule has 0 radical (unpaired) electrons. The van der Waals surface area contributed by atoms with Gasteiger partial charge in [-0.05, 0) is 48.4 Å². The number of allylic oxidation sites excluding steroid dienone is 1. The molecule has 2 aliphatic rings. The molecule has 7 nitrogen and oxygen atoms in total. The van der Waals surface area contributed by atoms with Crippen LogP contribution in [-0.4, -0.2) is 54.4 Å². The highest BCUT2D eigenvalue weighted by atomic mass is 19.4. The molecule has 2 aromatic rings. The molecule has 2 N–H and O–H groups in total. The number of halogens is 3. The Bertz CT molecular complexity index is 1100. The van der Waals surface area contributed by atoms with Crippen LogP contribution in [0.5, 0.6) is 11.5 Å². The van der Waals surface area contributed by atoms with Crippen LogP contribution in [0.1, 0.15) is 33.9 Å². The number of methoxy groups -OCH3 is 2. The minimum atomic E-state index is -4.51. The molecule has 33 heavy (non-hydrogen) atoms. The maximum Gasteiger partial charge on any atom is 0.410 e. The van der Waals surface area contributed by atoms with Crippen LogP contribution in [0, 0.1) is 0 Å². The van der Waals surface area contributed by atoms with Crippen LogP contribution in [0.4, 0.5) is 13.2 Å². The fourth-order valence-electron chi connectivity index (χ4n) is 4.01. The van der Waals surface area contributed by atoms with Crippen molar-refractivity contribution in [3.8, 4) is 11.5 Å². The van der Waals surface area contributed by atoms with Crippen molar-refractivity contribution in [2.45, 2.75) is 30.8 Å². The van der Waals surface area contributed by atoms with Gasteiger partial charge in [0.15, 0.2) is 11.5 Å². The summed E-state index contributed by atoms with van der Waals surface area (Å²) in [6, 6.07) is 8.48. The molecule has 0 spiro atoms. The Balaban J connectivity index is 1.64. The molecule has 2 heterocycles. The number of aromatic carboxylic acids is 1. The summed E-state index contributed by atoms with van der Waals surface area (Å²) in [4.78, 5) is 11.1. The second-order valence-corrected chi connectivity index (χ2v) is 7.68. The number of hydrogen-bond donors (Lipinski definition) is 2. The fourth-order valence-corrected chi connectivity index (χ4v) is 4.01. The second-order valence-electron chi connectivity index (χ2n) is 7.68. The molecule has 3 atom stereocenters. The zero-order chi connectivity index (χ0) is 23.8. The van der Waals surface area contributed by atoms with E-state index in [1.807, 2.05) is 0 Å². The number of nitrogens with one attached hydrogen (secondary N) is 1. The average molecular weight is 461 g/mol. The monoisotopic (exact) mass is 461 g/mol. The van der Waals surface area contributed by atoms with E-state index in [0.29, 0.717) is 28.3 Å². The van der Waals surface area contributed by atoms with Gasteiger partial charge in [-0.3, -0.25) is 10.3 Å². The number of fused-ring (bicyclic) bond motifs is 1. The van der Waals surface area contributed by atoms with Crippen LogP contribution in [0.15, 0.2) is 59.7 Å². The molecule has 2 aliphatic heterocycles. The first-order valence-corrected chi connectivity index (χ1v) is 10.1. The molecule has 0 saturated carbocycles. The number of hydrazone groups is 1. The number of hydrogen-bond acceptors (Lipinski definition) is 6. The first kappa shape index (κ1) is 22.7. The number of rotatable bonds is 5. The summed E-state index contributed by atoms with van der Waals surface area (Å²) in [6.45, 7) is 0. The highest BCUT2D eigenvalue weighted by Gasteiger charge is 2.50. The molecular formula is C23H22F3N3O4. The van der Waals surface area contributed by atoms with Gasteiger partial charge in [-0.2, -0.15) is 18.3 Å². The van der Waals surface area contributed by atoms with E-state index in [-0.39, 0.29) is 12.0 Å². The molecule has 1 saturated heterocycles. The van der Waals surface area contributed by atoms with E-state index in [4.69, 9.17) is 14.6 Å². The third-order valence-corrected chi connectivity index (χ3v) is 5.71. The summed E-state index contributed by atoms with van der Waals surface area (Å²) in [5.41, 5.74) is 1.58. The molecule has 2 aromatic carbocycles. The van der Waals surface area contributed by atoms with Crippen molar-refractivity contribution in [2.24, 2.45) is 5.10 Å². The lowest BCUT2D eigenvalue weighted by Gasteiger charge is -2.45. The lowest BCUT2D eigenvalue weighted by Crippen LogP contribution is -2.59. The van der Waals surface area contributed by atoms with Crippen LogP contribution >= 0.6 is 0 Å². The summed E-state index contributed by atoms with van der Waals surface area (Å²) >= 11 is 0. The Labute approximate surface area is 188 Å². The Morgan fingerprint density at radius 2 is 1.82 bits per heavy atom. The van der Waals surface area contributed by atoms with Gasteiger partial charge in [0, 0.05) is 11.6 Å². The van der Waals surface area contributed by atoms with Crippen LogP contribution in [-0.2, 0) is 0 Å². The summed E-state index contributed by atoms with van der Waals surface area (Å²) in [7, 11) is 2.96. The molecule has 174 valence electrons. The number of ether oxygens (including phenoxy) is 2. The van der Waals surface area contributed by atoms with Gasteiger partial charge in [0.1, 0.15) is 12.2 Å². The predicted octanol–water partition coefficient (Wildman–Crippen LogP) is 3.97. The van der Waals surface area contributed by atoms with Gasteiger partial charge >= 0.3 is 12.1 Å². The number of nitrogens with zero attached hydrogens (tertiary/aromatic N) is 2. The average Bonchev–Trinajstić information content (AvgIpc) is 2.82. The summed E-state index contributed by atoms with van der Waals surface area (Å²) in [5, 5.41) is 17.6. The molecule has 0 bridgehead atoms. The van der Waals surface area contributed by atoms with Crippen molar-refractivity contribution in [3.63, 3.8) is 0 Å². The molecule has 0 aliphatic carbocycles. The van der Waals surface area contributed by atoms with Crippen LogP contribution in [0.2, 0.25) is 0 Å². The molecule has 1 fully saturated rings. The molecule has 0 amide bonds. The summed E-state index contributed by atoms with van der Waals surface area (Å²) in [6.07, 6.45) is -2.28. The Kier molecular flexibility index (Phi) is 6.03. The lowest BCUT2D eigenvalue weighted by molar-refractivity contribution is -0.201. The smallest absolute Gasteiger partial charge is 0.410 e. The standard InChI is InChI=1S/C23H22F3N3O4/c1-32-18-9-7-15(11-19(18)33-2)17-12-20(23(24,25)26)29-21(27-17)10-8-16(28-29)13-3-5-14(6-4-13)22(30)31/h3-11,17,20-21,27H,12H2,1-2H3,(H,30,31). The number of alkyl halides is 3. The second kappa shape index (κ2) is 8.78. The predicted molar refractivity (Wildman–Crippen MR) is 115 cm³/mol. The van der Waals surface area contributed by atoms with Gasteiger partial charge in [-0.25, -0.2) is 4.79 Å². The third-order valence-electron chi connectivity index (χ3n) is 5.71. The Morgan fingerprint density at radius 3 is 2.42 bits per heavy atom. The van der Waals surface area contributed by atoms with Gasteiger partial charge < -0.3 is 14.6 Å². The zero-order valence-electron chi connectivity index (χ0n) is 17.8. The van der Waals surface area contributed by atoms with Gasteiger partial charge in [0.2, 0.25) is 0 Å². The molecular weight excluding hydrogens is 439 g/mol. The minimum Gasteiger partial charge on any atom is -0.493 e. The number of benzene rings is 2. The highest BCUT2D eigenvalue weighted by molar-refractivity contribution is 6.09. The van der Waals surface area contributed by atoms with Gasteiger partial charge in [0.25, 0.3) is 0 Å². The SMILES string of the molecule is COc1ccc(C2CC(C(F)(F)F)N3N=C(c4ccc(C(=O)O)cc4)C=CC3N2)cc1OC. The van der Waals surface area contributed by atoms with Crippen molar-refractivity contribution in [1.29, 1.82) is 0 Å². The summed E-state index contributed by atoms with van der Waals surface area (Å²) in [5.74, 6) is -0.153. The Hall–Kier alpha value is -3.53. The first-order valence-electron chi connectivity index (χ1n) is 10.1. The number of carboxylic acid groups (broad SMARTS) is 1. The highest BCUT2D eigenvalue weighted by Crippen LogP contribution is 2.40. The zero-order valence-corrected chi connectivity index (χ0v) is 17.8. The van der Waals surface area contributed by atoms with Gasteiger partial charge in [-0.1, -0.05) is 18.2 Å². The summed E-state index contributed by atoms with van der Waals surface area (Å²) < 4.78 is 52.7. The van der Waals surface area contributed by atoms with Crippen LogP contribution in [0.3, 0.4) is 0 Å². The third kappa shape index (κ3) is 4.51. The molecule has 3 unspecified atom stereocenters. The van der Waals surface area contributed by atoms with E-state index in [2.05, 4.69) is 10.4 Å². The molecule has 10 heteroatoms. The van der Waals surface area contributed by atoms with E-state index in [0.717, 1.165) is 5.01 Å². The van der Waals surface area contributed by atoms with Crippen LogP contribution in [0.25, 0.3) is 0 Å². The minimum absolute atomic E-state index is 0.0857. The van der Waals surface area contributed by atoms with Crippen molar-refractivity contribution >= 4 is 11.7 Å².